The molecule has 3 heteroatoms. The first-order chi connectivity index (χ1) is 7.81. The molecule has 0 aliphatic carbocycles. The van der Waals surface area contributed by atoms with Crippen molar-refractivity contribution in [1.82, 2.24) is 0 Å². The lowest BCUT2D eigenvalue weighted by atomic mass is 10.0. The monoisotopic (exact) mass is 233 g/mol. The van der Waals surface area contributed by atoms with Gasteiger partial charge in [-0.05, 0) is 47.0 Å². The van der Waals surface area contributed by atoms with Gasteiger partial charge in [-0.25, -0.2) is 0 Å². The number of nitrogens with two attached hydrogens (primary N) is 1. The largest absolute Gasteiger partial charge is 0.494 e. The second-order valence-corrected chi connectivity index (χ2v) is 4.32. The van der Waals surface area contributed by atoms with Gasteiger partial charge in [-0.2, -0.15) is 11.3 Å². The molecule has 0 aliphatic rings. The van der Waals surface area contributed by atoms with E-state index in [0.717, 1.165) is 16.9 Å². The molecule has 0 saturated carbocycles. The van der Waals surface area contributed by atoms with Crippen LogP contribution >= 0.6 is 11.3 Å². The second-order valence-electron chi connectivity index (χ2n) is 3.54. The summed E-state index contributed by atoms with van der Waals surface area (Å²) in [6.07, 6.45) is 0. The second kappa shape index (κ2) is 5.14. The molecule has 0 aliphatic heterocycles. The lowest BCUT2D eigenvalue weighted by Crippen LogP contribution is -2.10. The maximum Gasteiger partial charge on any atom is 0.119 e. The minimum Gasteiger partial charge on any atom is -0.494 e. The molecule has 0 fully saturated rings. The summed E-state index contributed by atoms with van der Waals surface area (Å²) >= 11 is 1.67. The summed E-state index contributed by atoms with van der Waals surface area (Å²) in [7, 11) is 0. The Morgan fingerprint density at radius 3 is 2.88 bits per heavy atom. The van der Waals surface area contributed by atoms with Crippen LogP contribution in [-0.4, -0.2) is 6.61 Å². The highest BCUT2D eigenvalue weighted by Crippen LogP contribution is 2.24. The van der Waals surface area contributed by atoms with Crippen LogP contribution in [0.2, 0.25) is 0 Å². The number of thiophene rings is 1. The molecule has 16 heavy (non-hydrogen) atoms. The number of hydrogen-bond acceptors (Lipinski definition) is 3. The lowest BCUT2D eigenvalue weighted by Gasteiger charge is -2.12. The third-order valence-electron chi connectivity index (χ3n) is 2.43. The van der Waals surface area contributed by atoms with Gasteiger partial charge in [0.2, 0.25) is 0 Å². The van der Waals surface area contributed by atoms with E-state index in [1.807, 2.05) is 36.6 Å². The fourth-order valence-electron chi connectivity index (χ4n) is 1.61. The van der Waals surface area contributed by atoms with Crippen LogP contribution in [0.15, 0.2) is 41.1 Å². The Morgan fingerprint density at radius 1 is 1.31 bits per heavy atom. The molecular weight excluding hydrogens is 218 g/mol. The topological polar surface area (TPSA) is 35.2 Å². The predicted octanol–water partition coefficient (Wildman–Crippen LogP) is 3.19. The molecule has 2 aromatic rings. The molecule has 0 radical (unpaired) electrons. The Bertz CT molecular complexity index is 439. The number of benzene rings is 1. The molecule has 0 saturated heterocycles. The van der Waals surface area contributed by atoms with Crippen molar-refractivity contribution in [3.8, 4) is 5.75 Å². The molecular formula is C13H15NOS. The summed E-state index contributed by atoms with van der Waals surface area (Å²) in [5, 5.41) is 4.12. The van der Waals surface area contributed by atoms with Gasteiger partial charge in [0.25, 0.3) is 0 Å². The van der Waals surface area contributed by atoms with E-state index in [4.69, 9.17) is 10.5 Å². The SMILES string of the molecule is CCOc1cccc([C@@H](N)c2ccsc2)c1. The molecule has 2 N–H and O–H groups in total. The van der Waals surface area contributed by atoms with Gasteiger partial charge in [0, 0.05) is 0 Å². The first-order valence-electron chi connectivity index (χ1n) is 5.31. The average molecular weight is 233 g/mol. The fourth-order valence-corrected chi connectivity index (χ4v) is 2.31. The minimum absolute atomic E-state index is 0.0633. The van der Waals surface area contributed by atoms with Crippen LogP contribution in [0.25, 0.3) is 0 Å². The van der Waals surface area contributed by atoms with Crippen molar-refractivity contribution in [1.29, 1.82) is 0 Å². The van der Waals surface area contributed by atoms with Crippen LogP contribution in [0.3, 0.4) is 0 Å². The zero-order valence-corrected chi connectivity index (χ0v) is 10.0. The number of ether oxygens (including phenoxy) is 1. The molecule has 1 atom stereocenters. The third-order valence-corrected chi connectivity index (χ3v) is 3.13. The summed E-state index contributed by atoms with van der Waals surface area (Å²) in [6, 6.07) is 9.96. The van der Waals surface area contributed by atoms with Gasteiger partial charge in [0.15, 0.2) is 0 Å². The minimum atomic E-state index is -0.0633. The van der Waals surface area contributed by atoms with Gasteiger partial charge in [-0.3, -0.25) is 0 Å². The van der Waals surface area contributed by atoms with Gasteiger partial charge in [0.05, 0.1) is 12.6 Å². The van der Waals surface area contributed by atoms with Gasteiger partial charge < -0.3 is 10.5 Å². The Hall–Kier alpha value is -1.32. The summed E-state index contributed by atoms with van der Waals surface area (Å²) in [5.74, 6) is 0.880. The van der Waals surface area contributed by atoms with Crippen LogP contribution in [0.1, 0.15) is 24.1 Å². The highest BCUT2D eigenvalue weighted by atomic mass is 32.1. The maximum absolute atomic E-state index is 6.18. The van der Waals surface area contributed by atoms with Gasteiger partial charge in [-0.15, -0.1) is 0 Å². The molecule has 1 heterocycles. The molecule has 1 aromatic carbocycles. The van der Waals surface area contributed by atoms with Crippen LogP contribution < -0.4 is 10.5 Å². The maximum atomic E-state index is 6.18. The first-order valence-corrected chi connectivity index (χ1v) is 6.26. The van der Waals surface area contributed by atoms with Crippen LogP contribution in [0.4, 0.5) is 0 Å². The van der Waals surface area contributed by atoms with Crippen molar-refractivity contribution in [2.75, 3.05) is 6.61 Å². The van der Waals surface area contributed by atoms with E-state index < -0.39 is 0 Å². The van der Waals surface area contributed by atoms with E-state index in [2.05, 4.69) is 11.4 Å². The van der Waals surface area contributed by atoms with Crippen LogP contribution in [0.5, 0.6) is 5.75 Å². The van der Waals surface area contributed by atoms with E-state index in [9.17, 15) is 0 Å². The first kappa shape index (κ1) is 11.2. The van der Waals surface area contributed by atoms with Crippen LogP contribution in [0, 0.1) is 0 Å². The smallest absolute Gasteiger partial charge is 0.119 e. The summed E-state index contributed by atoms with van der Waals surface area (Å²) < 4.78 is 5.46. The normalized spacial score (nSPS) is 12.4. The zero-order valence-electron chi connectivity index (χ0n) is 9.22. The Morgan fingerprint density at radius 2 is 2.19 bits per heavy atom. The van der Waals surface area contributed by atoms with Crippen molar-refractivity contribution in [3.63, 3.8) is 0 Å². The lowest BCUT2D eigenvalue weighted by molar-refractivity contribution is 0.340. The Labute approximate surface area is 99.7 Å². The summed E-state index contributed by atoms with van der Waals surface area (Å²) in [5.41, 5.74) is 8.42. The van der Waals surface area contributed by atoms with Gasteiger partial charge in [-0.1, -0.05) is 12.1 Å². The number of hydrogen-bond donors (Lipinski definition) is 1. The standard InChI is InChI=1S/C13H15NOS/c1-2-15-12-5-3-4-10(8-12)13(14)11-6-7-16-9-11/h3-9,13H,2,14H2,1H3/t13-/m1/s1. The summed E-state index contributed by atoms with van der Waals surface area (Å²) in [4.78, 5) is 0. The van der Waals surface area contributed by atoms with Crippen molar-refractivity contribution >= 4 is 11.3 Å². The zero-order chi connectivity index (χ0) is 11.4. The van der Waals surface area contributed by atoms with Crippen molar-refractivity contribution in [3.05, 3.63) is 52.2 Å². The highest BCUT2D eigenvalue weighted by molar-refractivity contribution is 7.08. The van der Waals surface area contributed by atoms with Crippen molar-refractivity contribution < 1.29 is 4.74 Å². The van der Waals surface area contributed by atoms with Gasteiger partial charge in [0.1, 0.15) is 5.75 Å². The third kappa shape index (κ3) is 2.43. The van der Waals surface area contributed by atoms with E-state index >= 15 is 0 Å². The number of rotatable bonds is 4. The molecule has 0 amide bonds. The van der Waals surface area contributed by atoms with E-state index in [-0.39, 0.29) is 6.04 Å². The molecule has 1 aromatic heterocycles. The van der Waals surface area contributed by atoms with Crippen molar-refractivity contribution in [2.24, 2.45) is 5.73 Å². The highest BCUT2D eigenvalue weighted by Gasteiger charge is 2.09. The summed E-state index contributed by atoms with van der Waals surface area (Å²) in [6.45, 7) is 2.66. The van der Waals surface area contributed by atoms with Crippen molar-refractivity contribution in [2.45, 2.75) is 13.0 Å². The molecule has 2 nitrogen and oxygen atoms in total. The molecule has 2 rings (SSSR count). The molecule has 84 valence electrons. The molecule has 0 unspecified atom stereocenters. The van der Waals surface area contributed by atoms with E-state index in [1.165, 1.54) is 0 Å². The average Bonchev–Trinajstić information content (AvgIpc) is 2.82. The Balaban J connectivity index is 2.23. The van der Waals surface area contributed by atoms with Crippen LogP contribution in [-0.2, 0) is 0 Å². The Kier molecular flexibility index (Phi) is 3.59. The molecule has 0 spiro atoms. The predicted molar refractivity (Wildman–Crippen MR) is 68.0 cm³/mol. The quantitative estimate of drug-likeness (QED) is 0.880. The fraction of sp³-hybridized carbons (Fsp3) is 0.231. The van der Waals surface area contributed by atoms with E-state index in [1.54, 1.807) is 11.3 Å². The van der Waals surface area contributed by atoms with E-state index in [0.29, 0.717) is 6.61 Å². The molecule has 0 bridgehead atoms. The van der Waals surface area contributed by atoms with Gasteiger partial charge >= 0.3 is 0 Å².